The fourth-order valence-corrected chi connectivity index (χ4v) is 3.64. The molecule has 0 aliphatic heterocycles. The molecule has 1 nitrogen and oxygen atoms in total. The van der Waals surface area contributed by atoms with Crippen LogP contribution in [0.2, 0.25) is 0 Å². The van der Waals surface area contributed by atoms with Crippen molar-refractivity contribution >= 4 is 0 Å². The van der Waals surface area contributed by atoms with E-state index in [1.165, 1.54) is 39.0 Å². The molecule has 1 heteroatoms. The van der Waals surface area contributed by atoms with Crippen molar-refractivity contribution in [3.05, 3.63) is 142 Å². The van der Waals surface area contributed by atoms with Crippen LogP contribution in [0.5, 0.6) is 0 Å². The molecule has 0 aromatic carbocycles. The molecule has 0 saturated carbocycles. The summed E-state index contributed by atoms with van der Waals surface area (Å²) < 4.78 is 5.45. The third-order valence-electron chi connectivity index (χ3n) is 6.67. The summed E-state index contributed by atoms with van der Waals surface area (Å²) in [4.78, 5) is 0. The largest absolute Gasteiger partial charge is 0.378 e. The zero-order valence-corrected chi connectivity index (χ0v) is 28.8. The van der Waals surface area contributed by atoms with Crippen molar-refractivity contribution in [3.63, 3.8) is 0 Å². The van der Waals surface area contributed by atoms with Gasteiger partial charge in [0.25, 0.3) is 0 Å². The second kappa shape index (κ2) is 23.4. The molecule has 42 heavy (non-hydrogen) atoms. The van der Waals surface area contributed by atoms with Gasteiger partial charge in [0, 0.05) is 7.11 Å². The molecular weight excluding hydrogens is 508 g/mol. The van der Waals surface area contributed by atoms with Crippen LogP contribution in [0, 0.1) is 0 Å². The molecule has 0 N–H and O–H groups in total. The predicted molar refractivity (Wildman–Crippen MR) is 192 cm³/mol. The van der Waals surface area contributed by atoms with Crippen molar-refractivity contribution in [1.29, 1.82) is 0 Å². The smallest absolute Gasteiger partial charge is 0.0657 e. The van der Waals surface area contributed by atoms with Gasteiger partial charge in [0.05, 0.1) is 5.60 Å². The van der Waals surface area contributed by atoms with E-state index in [1.807, 2.05) is 0 Å². The van der Waals surface area contributed by atoms with E-state index in [0.29, 0.717) is 0 Å². The molecule has 0 saturated heterocycles. The van der Waals surface area contributed by atoms with E-state index in [4.69, 9.17) is 4.74 Å². The fraction of sp³-hybridized carbons (Fsp3) is 0.415. The van der Waals surface area contributed by atoms with Gasteiger partial charge in [-0.15, -0.1) is 0 Å². The SMILES string of the molecule is COC(C)(C)CC=CC(C)=CC=CC(C)=CC=CC(C)=CC=CC=C(C)C=CC=C(C)CCC=C(C)CCC=C(C)C. The van der Waals surface area contributed by atoms with Crippen molar-refractivity contribution in [2.45, 2.75) is 107 Å². The third-order valence-corrected chi connectivity index (χ3v) is 6.67. The van der Waals surface area contributed by atoms with Gasteiger partial charge in [-0.3, -0.25) is 0 Å². The maximum atomic E-state index is 5.45. The summed E-state index contributed by atoms with van der Waals surface area (Å²) in [5.41, 5.74) is 9.06. The van der Waals surface area contributed by atoms with Gasteiger partial charge in [-0.25, -0.2) is 0 Å². The number of allylic oxidation sites excluding steroid dienone is 23. The van der Waals surface area contributed by atoms with Crippen molar-refractivity contribution < 1.29 is 4.74 Å². The summed E-state index contributed by atoms with van der Waals surface area (Å²) >= 11 is 0. The highest BCUT2D eigenvalue weighted by Gasteiger charge is 2.12. The predicted octanol–water partition coefficient (Wildman–Crippen LogP) is 12.8. The monoisotopic (exact) mass is 568 g/mol. The highest BCUT2D eigenvalue weighted by molar-refractivity contribution is 5.32. The minimum Gasteiger partial charge on any atom is -0.378 e. The van der Waals surface area contributed by atoms with Gasteiger partial charge in [-0.2, -0.15) is 0 Å². The van der Waals surface area contributed by atoms with Crippen LogP contribution in [-0.2, 0) is 4.74 Å². The van der Waals surface area contributed by atoms with E-state index in [0.717, 1.165) is 32.1 Å². The Hall–Kier alpha value is -3.16. The quantitative estimate of drug-likeness (QED) is 0.118. The van der Waals surface area contributed by atoms with Crippen LogP contribution in [0.15, 0.2) is 142 Å². The summed E-state index contributed by atoms with van der Waals surface area (Å²) in [6.45, 7) is 21.5. The summed E-state index contributed by atoms with van der Waals surface area (Å²) in [6.07, 6.45) is 42.2. The first kappa shape index (κ1) is 38.8. The Morgan fingerprint density at radius 3 is 1.45 bits per heavy atom. The van der Waals surface area contributed by atoms with Crippen LogP contribution < -0.4 is 0 Å². The van der Waals surface area contributed by atoms with Crippen molar-refractivity contribution in [2.24, 2.45) is 0 Å². The van der Waals surface area contributed by atoms with Crippen LogP contribution in [-0.4, -0.2) is 12.7 Å². The van der Waals surface area contributed by atoms with Gasteiger partial charge >= 0.3 is 0 Å². The topological polar surface area (TPSA) is 9.23 Å². The molecule has 0 atom stereocenters. The number of hydrogen-bond acceptors (Lipinski definition) is 1. The van der Waals surface area contributed by atoms with Gasteiger partial charge < -0.3 is 4.74 Å². The summed E-state index contributed by atoms with van der Waals surface area (Å²) in [5.74, 6) is 0. The Kier molecular flexibility index (Phi) is 21.6. The Bertz CT molecular complexity index is 1150. The number of rotatable bonds is 18. The van der Waals surface area contributed by atoms with Crippen molar-refractivity contribution in [2.75, 3.05) is 7.11 Å². The lowest BCUT2D eigenvalue weighted by Gasteiger charge is -2.20. The lowest BCUT2D eigenvalue weighted by atomic mass is 10.0. The first-order chi connectivity index (χ1) is 19.8. The van der Waals surface area contributed by atoms with Gasteiger partial charge in [0.2, 0.25) is 0 Å². The molecule has 0 radical (unpaired) electrons. The van der Waals surface area contributed by atoms with E-state index in [2.05, 4.69) is 173 Å². The Morgan fingerprint density at radius 1 is 0.524 bits per heavy atom. The Labute approximate surface area is 260 Å². The molecular formula is C41H60O. The van der Waals surface area contributed by atoms with Gasteiger partial charge in [-0.05, 0) is 101 Å². The maximum absolute atomic E-state index is 5.45. The summed E-state index contributed by atoms with van der Waals surface area (Å²) in [5, 5.41) is 0. The molecule has 0 heterocycles. The van der Waals surface area contributed by atoms with Crippen LogP contribution in [0.1, 0.15) is 101 Å². The zero-order chi connectivity index (χ0) is 31.8. The van der Waals surface area contributed by atoms with Crippen molar-refractivity contribution in [3.8, 4) is 0 Å². The van der Waals surface area contributed by atoms with E-state index in [1.54, 1.807) is 7.11 Å². The fourth-order valence-electron chi connectivity index (χ4n) is 3.64. The molecule has 0 fully saturated rings. The van der Waals surface area contributed by atoms with E-state index >= 15 is 0 Å². The lowest BCUT2D eigenvalue weighted by Crippen LogP contribution is -2.20. The second-order valence-electron chi connectivity index (χ2n) is 12.1. The average molecular weight is 569 g/mol. The first-order valence-electron chi connectivity index (χ1n) is 15.4. The number of methoxy groups -OCH3 is 1. The van der Waals surface area contributed by atoms with Crippen LogP contribution >= 0.6 is 0 Å². The highest BCUT2D eigenvalue weighted by atomic mass is 16.5. The number of hydrogen-bond donors (Lipinski definition) is 0. The van der Waals surface area contributed by atoms with Gasteiger partial charge in [-0.1, -0.05) is 142 Å². The third kappa shape index (κ3) is 24.6. The molecule has 0 unspecified atom stereocenters. The molecule has 230 valence electrons. The highest BCUT2D eigenvalue weighted by Crippen LogP contribution is 2.14. The molecule has 0 rings (SSSR count). The lowest BCUT2D eigenvalue weighted by molar-refractivity contribution is 0.0255. The first-order valence-corrected chi connectivity index (χ1v) is 15.4. The molecule has 0 aliphatic carbocycles. The molecule has 0 aromatic heterocycles. The van der Waals surface area contributed by atoms with Crippen molar-refractivity contribution in [1.82, 2.24) is 0 Å². The van der Waals surface area contributed by atoms with Gasteiger partial charge in [0.1, 0.15) is 0 Å². The second-order valence-corrected chi connectivity index (χ2v) is 12.1. The van der Waals surface area contributed by atoms with E-state index in [-0.39, 0.29) is 5.60 Å². The maximum Gasteiger partial charge on any atom is 0.0657 e. The zero-order valence-electron chi connectivity index (χ0n) is 28.8. The number of ether oxygens (including phenoxy) is 1. The molecule has 0 spiro atoms. The molecule has 0 amide bonds. The molecule has 0 aromatic rings. The van der Waals surface area contributed by atoms with E-state index < -0.39 is 0 Å². The summed E-state index contributed by atoms with van der Waals surface area (Å²) in [7, 11) is 1.76. The molecule has 0 bridgehead atoms. The normalized spacial score (nSPS) is 15.5. The minimum atomic E-state index is -0.118. The standard InChI is InChI=1S/C41H60O/c1-34(2)20-14-23-37(5)26-17-29-38(6)27-15-24-35(3)21-12-13-22-36(4)25-16-28-39(7)30-18-31-40(8)32-19-33-41(9,10)42-11/h12-13,15-16,18-22,24-28,30-32H,14,17,23,29,33H2,1-11H3. The van der Waals surface area contributed by atoms with E-state index in [9.17, 15) is 0 Å². The van der Waals surface area contributed by atoms with Crippen LogP contribution in [0.4, 0.5) is 0 Å². The molecule has 0 aliphatic rings. The Morgan fingerprint density at radius 2 is 0.952 bits per heavy atom. The van der Waals surface area contributed by atoms with Crippen LogP contribution in [0.3, 0.4) is 0 Å². The minimum absolute atomic E-state index is 0.118. The summed E-state index contributed by atoms with van der Waals surface area (Å²) in [6, 6.07) is 0. The van der Waals surface area contributed by atoms with Gasteiger partial charge in [0.15, 0.2) is 0 Å². The average Bonchev–Trinajstić information content (AvgIpc) is 2.91. The van der Waals surface area contributed by atoms with Crippen LogP contribution in [0.25, 0.3) is 0 Å². The Balaban J connectivity index is 4.66.